The summed E-state index contributed by atoms with van der Waals surface area (Å²) in [7, 11) is 4.25. The molecule has 0 saturated carbocycles. The van der Waals surface area contributed by atoms with E-state index in [2.05, 4.69) is 33.8 Å². The van der Waals surface area contributed by atoms with E-state index in [0.29, 0.717) is 0 Å². The van der Waals surface area contributed by atoms with E-state index < -0.39 is 0 Å². The number of nitrogens with zero attached hydrogens (tertiary/aromatic N) is 4. The highest BCUT2D eigenvalue weighted by Crippen LogP contribution is 2.11. The Bertz CT molecular complexity index is 389. The zero-order valence-corrected chi connectivity index (χ0v) is 12.6. The standard InChI is InChI=1S/C14H23ClN4/c1-17(2)5-6-18-7-9-19(10-8-18)12-14-11-13(15)3-4-16-14/h3-4,11H,5-10,12H2,1-2H3. The predicted molar refractivity (Wildman–Crippen MR) is 79.5 cm³/mol. The first-order chi connectivity index (χ1) is 9.13. The maximum Gasteiger partial charge on any atom is 0.0558 e. The molecule has 0 bridgehead atoms. The molecular formula is C14H23ClN4. The van der Waals surface area contributed by atoms with Crippen LogP contribution in [0.25, 0.3) is 0 Å². The van der Waals surface area contributed by atoms with Crippen LogP contribution in [0.2, 0.25) is 5.02 Å². The summed E-state index contributed by atoms with van der Waals surface area (Å²) in [6, 6.07) is 3.78. The van der Waals surface area contributed by atoms with Crippen LogP contribution in [-0.2, 0) is 6.54 Å². The van der Waals surface area contributed by atoms with Gasteiger partial charge >= 0.3 is 0 Å². The van der Waals surface area contributed by atoms with Gasteiger partial charge in [-0.1, -0.05) is 11.6 Å². The second-order valence-corrected chi connectivity index (χ2v) is 5.82. The molecule has 1 aliphatic rings. The van der Waals surface area contributed by atoms with E-state index in [0.717, 1.165) is 56.5 Å². The monoisotopic (exact) mass is 282 g/mol. The molecule has 4 nitrogen and oxygen atoms in total. The summed E-state index contributed by atoms with van der Waals surface area (Å²) < 4.78 is 0. The molecule has 1 aliphatic heterocycles. The molecule has 2 heterocycles. The van der Waals surface area contributed by atoms with Crippen molar-refractivity contribution in [3.05, 3.63) is 29.0 Å². The number of piperazine rings is 1. The van der Waals surface area contributed by atoms with Gasteiger partial charge in [0.15, 0.2) is 0 Å². The van der Waals surface area contributed by atoms with Crippen LogP contribution in [0.4, 0.5) is 0 Å². The molecule has 106 valence electrons. The van der Waals surface area contributed by atoms with Crippen LogP contribution in [0, 0.1) is 0 Å². The highest BCUT2D eigenvalue weighted by molar-refractivity contribution is 6.30. The van der Waals surface area contributed by atoms with Crippen molar-refractivity contribution in [2.24, 2.45) is 0 Å². The Balaban J connectivity index is 1.74. The summed E-state index contributed by atoms with van der Waals surface area (Å²) in [6.45, 7) is 7.72. The van der Waals surface area contributed by atoms with Crippen LogP contribution < -0.4 is 0 Å². The van der Waals surface area contributed by atoms with Gasteiger partial charge < -0.3 is 4.90 Å². The first-order valence-electron chi connectivity index (χ1n) is 6.83. The molecule has 0 N–H and O–H groups in total. The van der Waals surface area contributed by atoms with Gasteiger partial charge in [0.25, 0.3) is 0 Å². The fraction of sp³-hybridized carbons (Fsp3) is 0.643. The molecule has 1 saturated heterocycles. The Labute approximate surface area is 121 Å². The molecule has 1 aromatic heterocycles. The van der Waals surface area contributed by atoms with Crippen molar-refractivity contribution in [2.45, 2.75) is 6.54 Å². The van der Waals surface area contributed by atoms with Gasteiger partial charge in [-0.05, 0) is 26.2 Å². The lowest BCUT2D eigenvalue weighted by Crippen LogP contribution is -2.47. The summed E-state index contributed by atoms with van der Waals surface area (Å²) in [5.74, 6) is 0. The Hall–Kier alpha value is -0.680. The van der Waals surface area contributed by atoms with E-state index in [-0.39, 0.29) is 0 Å². The number of aromatic nitrogens is 1. The summed E-state index contributed by atoms with van der Waals surface area (Å²) >= 11 is 5.99. The zero-order valence-electron chi connectivity index (χ0n) is 11.8. The minimum Gasteiger partial charge on any atom is -0.308 e. The van der Waals surface area contributed by atoms with Gasteiger partial charge in [-0.25, -0.2) is 0 Å². The van der Waals surface area contributed by atoms with E-state index in [1.165, 1.54) is 0 Å². The minimum atomic E-state index is 0.773. The van der Waals surface area contributed by atoms with Gasteiger partial charge in [-0.15, -0.1) is 0 Å². The number of hydrogen-bond donors (Lipinski definition) is 0. The van der Waals surface area contributed by atoms with E-state index in [1.807, 2.05) is 12.1 Å². The highest BCUT2D eigenvalue weighted by atomic mass is 35.5. The third-order valence-corrected chi connectivity index (χ3v) is 3.73. The van der Waals surface area contributed by atoms with Crippen LogP contribution in [-0.4, -0.2) is 73.0 Å². The number of pyridine rings is 1. The predicted octanol–water partition coefficient (Wildman–Crippen LogP) is 1.41. The van der Waals surface area contributed by atoms with Crippen LogP contribution >= 0.6 is 11.6 Å². The normalized spacial score (nSPS) is 18.1. The second-order valence-electron chi connectivity index (χ2n) is 5.39. The lowest BCUT2D eigenvalue weighted by molar-refractivity contribution is 0.119. The fourth-order valence-electron chi connectivity index (χ4n) is 2.28. The topological polar surface area (TPSA) is 22.6 Å². The van der Waals surface area contributed by atoms with E-state index in [1.54, 1.807) is 6.20 Å². The zero-order chi connectivity index (χ0) is 13.7. The van der Waals surface area contributed by atoms with Crippen LogP contribution in [0.1, 0.15) is 5.69 Å². The maximum atomic E-state index is 5.99. The van der Waals surface area contributed by atoms with Gasteiger partial charge in [-0.3, -0.25) is 14.8 Å². The molecule has 0 unspecified atom stereocenters. The van der Waals surface area contributed by atoms with Gasteiger partial charge in [0, 0.05) is 57.0 Å². The number of likely N-dealkylation sites (N-methyl/N-ethyl adjacent to an activating group) is 1. The van der Waals surface area contributed by atoms with Gasteiger partial charge in [-0.2, -0.15) is 0 Å². The highest BCUT2D eigenvalue weighted by Gasteiger charge is 2.17. The second kappa shape index (κ2) is 7.20. The SMILES string of the molecule is CN(C)CCN1CCN(Cc2cc(Cl)ccn2)CC1. The van der Waals surface area contributed by atoms with E-state index in [4.69, 9.17) is 11.6 Å². The molecule has 0 amide bonds. The summed E-state index contributed by atoms with van der Waals surface area (Å²) in [4.78, 5) is 11.6. The van der Waals surface area contributed by atoms with Gasteiger partial charge in [0.05, 0.1) is 5.69 Å². The number of rotatable bonds is 5. The van der Waals surface area contributed by atoms with Gasteiger partial charge in [0.1, 0.15) is 0 Å². The van der Waals surface area contributed by atoms with Crippen LogP contribution in [0.3, 0.4) is 0 Å². The molecule has 0 radical (unpaired) electrons. The lowest BCUT2D eigenvalue weighted by Gasteiger charge is -2.35. The summed E-state index contributed by atoms with van der Waals surface area (Å²) in [6.07, 6.45) is 1.78. The average molecular weight is 283 g/mol. The molecule has 5 heteroatoms. The first kappa shape index (κ1) is 14.7. The Kier molecular flexibility index (Phi) is 5.58. The van der Waals surface area contributed by atoms with Gasteiger partial charge in [0.2, 0.25) is 0 Å². The Morgan fingerprint density at radius 3 is 2.53 bits per heavy atom. The summed E-state index contributed by atoms with van der Waals surface area (Å²) in [5, 5.41) is 0.773. The third kappa shape index (κ3) is 5.07. The van der Waals surface area contributed by atoms with Crippen molar-refractivity contribution in [1.29, 1.82) is 0 Å². The smallest absolute Gasteiger partial charge is 0.0558 e. The Morgan fingerprint density at radius 1 is 1.21 bits per heavy atom. The van der Waals surface area contributed by atoms with E-state index >= 15 is 0 Å². The average Bonchev–Trinajstić information content (AvgIpc) is 2.38. The van der Waals surface area contributed by atoms with Crippen LogP contribution in [0.15, 0.2) is 18.3 Å². The molecule has 0 aromatic carbocycles. The molecule has 1 aromatic rings. The molecule has 19 heavy (non-hydrogen) atoms. The molecule has 2 rings (SSSR count). The Morgan fingerprint density at radius 2 is 1.89 bits per heavy atom. The third-order valence-electron chi connectivity index (χ3n) is 3.49. The largest absolute Gasteiger partial charge is 0.308 e. The fourth-order valence-corrected chi connectivity index (χ4v) is 2.46. The lowest BCUT2D eigenvalue weighted by atomic mass is 10.2. The van der Waals surface area contributed by atoms with Crippen molar-refractivity contribution < 1.29 is 0 Å². The van der Waals surface area contributed by atoms with Crippen molar-refractivity contribution in [1.82, 2.24) is 19.7 Å². The molecule has 0 aliphatic carbocycles. The minimum absolute atomic E-state index is 0.773. The van der Waals surface area contributed by atoms with E-state index in [9.17, 15) is 0 Å². The van der Waals surface area contributed by atoms with Crippen molar-refractivity contribution in [3.63, 3.8) is 0 Å². The molecule has 0 spiro atoms. The molecular weight excluding hydrogens is 260 g/mol. The van der Waals surface area contributed by atoms with Crippen molar-refractivity contribution in [2.75, 3.05) is 53.4 Å². The molecule has 1 fully saturated rings. The van der Waals surface area contributed by atoms with Crippen molar-refractivity contribution >= 4 is 11.6 Å². The number of halogens is 1. The maximum absolute atomic E-state index is 5.99. The quantitative estimate of drug-likeness (QED) is 0.815. The molecule has 0 atom stereocenters. The first-order valence-corrected chi connectivity index (χ1v) is 7.21. The number of hydrogen-bond acceptors (Lipinski definition) is 4. The summed E-state index contributed by atoms with van der Waals surface area (Å²) in [5.41, 5.74) is 1.06. The van der Waals surface area contributed by atoms with Crippen LogP contribution in [0.5, 0.6) is 0 Å². The van der Waals surface area contributed by atoms with Crippen molar-refractivity contribution in [3.8, 4) is 0 Å².